The first-order chi connectivity index (χ1) is 13.4. The van der Waals surface area contributed by atoms with E-state index in [1.807, 2.05) is 0 Å². The molecule has 1 heterocycles. The summed E-state index contributed by atoms with van der Waals surface area (Å²) in [6.45, 7) is 0. The first-order valence-corrected chi connectivity index (χ1v) is 9.96. The summed E-state index contributed by atoms with van der Waals surface area (Å²) >= 11 is 0. The van der Waals surface area contributed by atoms with E-state index in [1.165, 1.54) is 24.3 Å². The van der Waals surface area contributed by atoms with Crippen LogP contribution in [0, 0.1) is 5.82 Å². The Morgan fingerprint density at radius 3 is 2.14 bits per heavy atom. The molecule has 0 unspecified atom stereocenters. The fourth-order valence-electron chi connectivity index (χ4n) is 2.91. The van der Waals surface area contributed by atoms with Gasteiger partial charge in [-0.05, 0) is 72.3 Å². The molecule has 1 aliphatic rings. The van der Waals surface area contributed by atoms with Crippen molar-refractivity contribution in [2.45, 2.75) is 11.3 Å². The third-order valence-electron chi connectivity index (χ3n) is 4.28. The molecule has 1 aliphatic heterocycles. The van der Waals surface area contributed by atoms with Crippen LogP contribution < -0.4 is 15.4 Å². The van der Waals surface area contributed by atoms with Crippen LogP contribution in [0.2, 0.25) is 0 Å². The van der Waals surface area contributed by atoms with E-state index in [4.69, 9.17) is 0 Å². The minimum Gasteiger partial charge on any atom is -0.356 e. The number of amides is 1. The standard InChI is InChI=1S/C20H16FN3O3S/c21-14-1-3-15(4-2-14)22-16-5-7-17(8-6-16)24-28(26,27)18-9-10-19-13(11-18)12-20(25)23-19/h1-11,22,24H,12H2,(H,23,25). The van der Waals surface area contributed by atoms with E-state index in [9.17, 15) is 17.6 Å². The molecular formula is C20H16FN3O3S. The van der Waals surface area contributed by atoms with Crippen LogP contribution in [0.3, 0.4) is 0 Å². The van der Waals surface area contributed by atoms with Gasteiger partial charge in [0.15, 0.2) is 0 Å². The molecule has 3 N–H and O–H groups in total. The summed E-state index contributed by atoms with van der Waals surface area (Å²) in [5.74, 6) is -0.469. The van der Waals surface area contributed by atoms with Crippen molar-refractivity contribution in [3.05, 3.63) is 78.1 Å². The zero-order valence-electron chi connectivity index (χ0n) is 14.6. The zero-order chi connectivity index (χ0) is 19.7. The molecule has 0 spiro atoms. The highest BCUT2D eigenvalue weighted by molar-refractivity contribution is 7.92. The Balaban J connectivity index is 1.48. The van der Waals surface area contributed by atoms with Crippen molar-refractivity contribution in [3.8, 4) is 0 Å². The van der Waals surface area contributed by atoms with E-state index < -0.39 is 10.0 Å². The van der Waals surface area contributed by atoms with E-state index in [-0.39, 0.29) is 23.0 Å². The number of carbonyl (C=O) groups is 1. The second kappa shape index (κ2) is 6.97. The maximum absolute atomic E-state index is 13.0. The van der Waals surface area contributed by atoms with Crippen molar-refractivity contribution in [2.75, 3.05) is 15.4 Å². The molecule has 0 aliphatic carbocycles. The van der Waals surface area contributed by atoms with E-state index in [2.05, 4.69) is 15.4 Å². The first-order valence-electron chi connectivity index (χ1n) is 8.47. The van der Waals surface area contributed by atoms with Crippen LogP contribution in [0.5, 0.6) is 0 Å². The van der Waals surface area contributed by atoms with Gasteiger partial charge in [-0.25, -0.2) is 12.8 Å². The summed E-state index contributed by atoms with van der Waals surface area (Å²) in [7, 11) is -3.78. The SMILES string of the molecule is O=C1Cc2cc(S(=O)(=O)Nc3ccc(Nc4ccc(F)cc4)cc3)ccc2N1. The minimum atomic E-state index is -3.78. The van der Waals surface area contributed by atoms with E-state index in [0.29, 0.717) is 16.9 Å². The van der Waals surface area contributed by atoms with Gasteiger partial charge < -0.3 is 10.6 Å². The molecule has 3 aromatic carbocycles. The Morgan fingerprint density at radius 1 is 0.857 bits per heavy atom. The van der Waals surface area contributed by atoms with Gasteiger partial charge in [0.1, 0.15) is 5.82 Å². The van der Waals surface area contributed by atoms with Gasteiger partial charge in [0.05, 0.1) is 11.3 Å². The summed E-state index contributed by atoms with van der Waals surface area (Å²) in [5.41, 5.74) is 3.15. The summed E-state index contributed by atoms with van der Waals surface area (Å²) in [6, 6.07) is 17.2. The number of hydrogen-bond donors (Lipinski definition) is 3. The quantitative estimate of drug-likeness (QED) is 0.610. The molecule has 0 saturated heterocycles. The number of hydrogen-bond acceptors (Lipinski definition) is 4. The maximum Gasteiger partial charge on any atom is 0.261 e. The Labute approximate surface area is 161 Å². The van der Waals surface area contributed by atoms with Crippen molar-refractivity contribution < 1.29 is 17.6 Å². The number of carbonyl (C=O) groups excluding carboxylic acids is 1. The number of fused-ring (bicyclic) bond motifs is 1. The Hall–Kier alpha value is -3.39. The number of anilines is 4. The smallest absolute Gasteiger partial charge is 0.261 e. The lowest BCUT2D eigenvalue weighted by Crippen LogP contribution is -2.13. The first kappa shape index (κ1) is 18.0. The van der Waals surface area contributed by atoms with E-state index in [0.717, 1.165) is 11.4 Å². The predicted molar refractivity (Wildman–Crippen MR) is 106 cm³/mol. The van der Waals surface area contributed by atoms with Crippen LogP contribution in [-0.2, 0) is 21.2 Å². The molecule has 4 rings (SSSR count). The van der Waals surface area contributed by atoms with Crippen LogP contribution in [0.25, 0.3) is 0 Å². The summed E-state index contributed by atoms with van der Waals surface area (Å²) < 4.78 is 40.7. The highest BCUT2D eigenvalue weighted by Crippen LogP contribution is 2.27. The largest absolute Gasteiger partial charge is 0.356 e. The second-order valence-corrected chi connectivity index (χ2v) is 8.04. The van der Waals surface area contributed by atoms with Gasteiger partial charge in [-0.2, -0.15) is 0 Å². The Kier molecular flexibility index (Phi) is 4.48. The third kappa shape index (κ3) is 3.81. The number of sulfonamides is 1. The molecule has 1 amide bonds. The lowest BCUT2D eigenvalue weighted by atomic mass is 10.2. The highest BCUT2D eigenvalue weighted by Gasteiger charge is 2.21. The molecule has 142 valence electrons. The molecule has 28 heavy (non-hydrogen) atoms. The zero-order valence-corrected chi connectivity index (χ0v) is 15.4. The summed E-state index contributed by atoms with van der Waals surface area (Å²) in [6.07, 6.45) is 0.169. The Morgan fingerprint density at radius 2 is 1.46 bits per heavy atom. The topological polar surface area (TPSA) is 87.3 Å². The average molecular weight is 397 g/mol. The van der Waals surface area contributed by atoms with Crippen LogP contribution in [0.1, 0.15) is 5.56 Å². The maximum atomic E-state index is 13.0. The molecular weight excluding hydrogens is 381 g/mol. The molecule has 0 saturated carbocycles. The van der Waals surface area contributed by atoms with Crippen molar-refractivity contribution in [2.24, 2.45) is 0 Å². The Bertz CT molecular complexity index is 1140. The number of nitrogens with one attached hydrogen (secondary N) is 3. The molecule has 0 aromatic heterocycles. The van der Waals surface area contributed by atoms with Crippen molar-refractivity contribution in [1.29, 1.82) is 0 Å². The van der Waals surface area contributed by atoms with Gasteiger partial charge in [0.2, 0.25) is 5.91 Å². The van der Waals surface area contributed by atoms with Gasteiger partial charge in [-0.3, -0.25) is 9.52 Å². The fourth-order valence-corrected chi connectivity index (χ4v) is 4.02. The molecule has 0 radical (unpaired) electrons. The van der Waals surface area contributed by atoms with E-state index in [1.54, 1.807) is 42.5 Å². The van der Waals surface area contributed by atoms with Crippen LogP contribution in [0.4, 0.5) is 27.1 Å². The minimum absolute atomic E-state index is 0.0938. The van der Waals surface area contributed by atoms with E-state index >= 15 is 0 Å². The number of rotatable bonds is 5. The molecule has 0 fully saturated rings. The normalized spacial score (nSPS) is 13.0. The van der Waals surface area contributed by atoms with Gasteiger partial charge in [0.25, 0.3) is 10.0 Å². The van der Waals surface area contributed by atoms with Crippen molar-refractivity contribution >= 4 is 38.7 Å². The van der Waals surface area contributed by atoms with Crippen LogP contribution >= 0.6 is 0 Å². The monoisotopic (exact) mass is 397 g/mol. The van der Waals surface area contributed by atoms with Gasteiger partial charge >= 0.3 is 0 Å². The molecule has 0 atom stereocenters. The van der Waals surface area contributed by atoms with Gasteiger partial charge in [0, 0.05) is 22.7 Å². The van der Waals surface area contributed by atoms with Gasteiger partial charge in [-0.15, -0.1) is 0 Å². The number of halogens is 1. The second-order valence-electron chi connectivity index (χ2n) is 6.36. The summed E-state index contributed by atoms with van der Waals surface area (Å²) in [5, 5.41) is 5.78. The van der Waals surface area contributed by atoms with Crippen molar-refractivity contribution in [3.63, 3.8) is 0 Å². The van der Waals surface area contributed by atoms with Crippen molar-refractivity contribution in [1.82, 2.24) is 0 Å². The highest BCUT2D eigenvalue weighted by atomic mass is 32.2. The van der Waals surface area contributed by atoms with Crippen LogP contribution in [-0.4, -0.2) is 14.3 Å². The molecule has 8 heteroatoms. The lowest BCUT2D eigenvalue weighted by molar-refractivity contribution is -0.115. The fraction of sp³-hybridized carbons (Fsp3) is 0.0500. The predicted octanol–water partition coefficient (Wildman–Crippen LogP) is 3.86. The van der Waals surface area contributed by atoms with Gasteiger partial charge in [-0.1, -0.05) is 0 Å². The molecule has 0 bridgehead atoms. The summed E-state index contributed by atoms with van der Waals surface area (Å²) in [4.78, 5) is 11.5. The van der Waals surface area contributed by atoms with Crippen LogP contribution in [0.15, 0.2) is 71.6 Å². The molecule has 6 nitrogen and oxygen atoms in total. The average Bonchev–Trinajstić information content (AvgIpc) is 3.04. The number of benzene rings is 3. The molecule has 3 aromatic rings. The lowest BCUT2D eigenvalue weighted by Gasteiger charge is -2.11. The third-order valence-corrected chi connectivity index (χ3v) is 5.66.